The summed E-state index contributed by atoms with van der Waals surface area (Å²) in [7, 11) is -4.32. The molecule has 1 saturated heterocycles. The maximum atomic E-state index is 12.0. The van der Waals surface area contributed by atoms with Gasteiger partial charge in [0.2, 0.25) is 5.95 Å². The predicted molar refractivity (Wildman–Crippen MR) is 115 cm³/mol. The van der Waals surface area contributed by atoms with Crippen molar-refractivity contribution in [3.63, 3.8) is 0 Å². The van der Waals surface area contributed by atoms with Crippen LogP contribution in [0.15, 0.2) is 42.9 Å². The van der Waals surface area contributed by atoms with Gasteiger partial charge < -0.3 is 15.1 Å². The molecule has 2 aromatic heterocycles. The number of piperidine rings is 1. The maximum Gasteiger partial charge on any atom is 0.403 e. The van der Waals surface area contributed by atoms with E-state index in [4.69, 9.17) is 0 Å². The smallest absolute Gasteiger partial charge is 0.351 e. The number of nitrogens with zero attached hydrogens (tertiary/aromatic N) is 5. The molecule has 1 fully saturated rings. The van der Waals surface area contributed by atoms with Crippen LogP contribution in [-0.2, 0) is 4.57 Å². The van der Waals surface area contributed by atoms with Crippen molar-refractivity contribution in [3.8, 4) is 5.82 Å². The van der Waals surface area contributed by atoms with Gasteiger partial charge in [0.15, 0.2) is 0 Å². The molecule has 160 valence electrons. The van der Waals surface area contributed by atoms with Crippen molar-refractivity contribution < 1.29 is 14.4 Å². The normalized spacial score (nSPS) is 20.9. The summed E-state index contributed by atoms with van der Waals surface area (Å²) in [6.07, 6.45) is 5.03. The molecule has 1 aliphatic rings. The number of nitrogens with one attached hydrogen (secondary N) is 1. The van der Waals surface area contributed by atoms with Crippen LogP contribution < -0.4 is 5.32 Å². The van der Waals surface area contributed by atoms with Crippen molar-refractivity contribution in [2.45, 2.75) is 45.2 Å². The van der Waals surface area contributed by atoms with E-state index in [1.54, 1.807) is 12.5 Å². The second-order valence-electron chi connectivity index (χ2n) is 8.31. The second-order valence-corrected chi connectivity index (χ2v) is 9.82. The van der Waals surface area contributed by atoms with Gasteiger partial charge in [-0.25, -0.2) is 19.2 Å². The summed E-state index contributed by atoms with van der Waals surface area (Å²) in [5.74, 6) is 1.19. The number of anilines is 1. The zero-order valence-corrected chi connectivity index (χ0v) is 18.2. The molecule has 1 aliphatic heterocycles. The molecule has 30 heavy (non-hydrogen) atoms. The molecule has 0 aliphatic carbocycles. The van der Waals surface area contributed by atoms with Gasteiger partial charge in [-0.2, -0.15) is 4.98 Å². The molecule has 3 heterocycles. The first-order valence-corrected chi connectivity index (χ1v) is 11.6. The Kier molecular flexibility index (Phi) is 5.40. The monoisotopic (exact) mass is 430 g/mol. The molecule has 0 spiro atoms. The molecule has 2 atom stereocenters. The SMILES string of the molecule is CC(Nc1nccc(-n2cnc3ccccc32)n1)C1CCCN(P(=O)(O)O)C1(C)C. The summed E-state index contributed by atoms with van der Waals surface area (Å²) in [5.41, 5.74) is 1.18. The van der Waals surface area contributed by atoms with Gasteiger partial charge in [0, 0.05) is 24.3 Å². The predicted octanol–water partition coefficient (Wildman–Crippen LogP) is 3.20. The molecular formula is C20H27N6O3P. The third-order valence-electron chi connectivity index (χ3n) is 6.07. The Morgan fingerprint density at radius 3 is 2.77 bits per heavy atom. The third kappa shape index (κ3) is 3.86. The van der Waals surface area contributed by atoms with Crippen molar-refractivity contribution in [2.24, 2.45) is 5.92 Å². The highest BCUT2D eigenvalue weighted by Crippen LogP contribution is 2.51. The molecule has 0 saturated carbocycles. The molecule has 10 heteroatoms. The lowest BCUT2D eigenvalue weighted by Crippen LogP contribution is -2.55. The van der Waals surface area contributed by atoms with Crippen LogP contribution in [0, 0.1) is 5.92 Å². The van der Waals surface area contributed by atoms with Crippen molar-refractivity contribution in [2.75, 3.05) is 11.9 Å². The molecule has 0 bridgehead atoms. The minimum absolute atomic E-state index is 0.0141. The second kappa shape index (κ2) is 7.74. The zero-order valence-electron chi connectivity index (χ0n) is 17.3. The molecule has 2 unspecified atom stereocenters. The van der Waals surface area contributed by atoms with Crippen LogP contribution in [0.1, 0.15) is 33.6 Å². The fourth-order valence-corrected chi connectivity index (χ4v) is 5.84. The quantitative estimate of drug-likeness (QED) is 0.529. The standard InChI is InChI=1S/C20H27N6O3P/c1-14(15-7-6-12-26(20(15,2)3)30(27,28)29)23-19-21-11-10-18(24-19)25-13-22-16-8-4-5-9-17(16)25/h4-5,8-11,13-15H,6-7,12H2,1-3H3,(H,21,23,24)(H2,27,28,29). The van der Waals surface area contributed by atoms with Crippen LogP contribution in [0.5, 0.6) is 0 Å². The molecule has 3 N–H and O–H groups in total. The molecule has 9 nitrogen and oxygen atoms in total. The van der Waals surface area contributed by atoms with E-state index in [0.29, 0.717) is 18.3 Å². The first-order chi connectivity index (χ1) is 14.2. The lowest BCUT2D eigenvalue weighted by Gasteiger charge is -2.49. The Hall–Kier alpha value is -2.32. The summed E-state index contributed by atoms with van der Waals surface area (Å²) in [4.78, 5) is 33.0. The summed E-state index contributed by atoms with van der Waals surface area (Å²) in [5, 5.41) is 3.35. The van der Waals surface area contributed by atoms with Gasteiger partial charge in [-0.15, -0.1) is 0 Å². The number of imidazole rings is 1. The first-order valence-electron chi connectivity index (χ1n) is 10.0. The highest BCUT2D eigenvalue weighted by Gasteiger charge is 2.47. The number of aromatic nitrogens is 4. The molecule has 4 rings (SSSR count). The first kappa shape index (κ1) is 20.9. The number of hydrogen-bond donors (Lipinski definition) is 3. The van der Waals surface area contributed by atoms with Gasteiger partial charge in [-0.1, -0.05) is 12.1 Å². The highest BCUT2D eigenvalue weighted by molar-refractivity contribution is 7.49. The third-order valence-corrected chi connectivity index (χ3v) is 7.42. The molecular weight excluding hydrogens is 403 g/mol. The van der Waals surface area contributed by atoms with Crippen LogP contribution >= 0.6 is 7.75 Å². The van der Waals surface area contributed by atoms with Crippen LogP contribution in [0.3, 0.4) is 0 Å². The molecule has 1 aromatic carbocycles. The van der Waals surface area contributed by atoms with E-state index in [9.17, 15) is 14.4 Å². The number of benzene rings is 1. The van der Waals surface area contributed by atoms with Crippen LogP contribution in [0.2, 0.25) is 0 Å². The number of rotatable bonds is 5. The summed E-state index contributed by atoms with van der Waals surface area (Å²) in [6, 6.07) is 9.59. The zero-order chi connectivity index (χ0) is 21.5. The summed E-state index contributed by atoms with van der Waals surface area (Å²) >= 11 is 0. The van der Waals surface area contributed by atoms with Crippen molar-refractivity contribution >= 4 is 24.7 Å². The van der Waals surface area contributed by atoms with Crippen molar-refractivity contribution in [3.05, 3.63) is 42.9 Å². The fourth-order valence-electron chi connectivity index (χ4n) is 4.62. The number of hydrogen-bond acceptors (Lipinski definition) is 5. The minimum Gasteiger partial charge on any atom is -0.351 e. The fraction of sp³-hybridized carbons (Fsp3) is 0.450. The van der Waals surface area contributed by atoms with Gasteiger partial charge in [0.1, 0.15) is 12.1 Å². The van der Waals surface area contributed by atoms with E-state index in [0.717, 1.165) is 23.9 Å². The van der Waals surface area contributed by atoms with E-state index in [1.807, 2.05) is 55.7 Å². The van der Waals surface area contributed by atoms with E-state index in [2.05, 4.69) is 20.3 Å². The van der Waals surface area contributed by atoms with E-state index in [-0.39, 0.29) is 12.0 Å². The summed E-state index contributed by atoms with van der Waals surface area (Å²) in [6.45, 7) is 6.18. The van der Waals surface area contributed by atoms with E-state index < -0.39 is 13.3 Å². The van der Waals surface area contributed by atoms with Crippen molar-refractivity contribution in [1.82, 2.24) is 24.2 Å². The number of fused-ring (bicyclic) bond motifs is 1. The molecule has 3 aromatic rings. The lowest BCUT2D eigenvalue weighted by atomic mass is 9.76. The number of para-hydroxylation sites is 2. The topological polar surface area (TPSA) is 116 Å². The van der Waals surface area contributed by atoms with Crippen molar-refractivity contribution in [1.29, 1.82) is 0 Å². The van der Waals surface area contributed by atoms with Gasteiger partial charge >= 0.3 is 7.75 Å². The minimum atomic E-state index is -4.32. The Morgan fingerprint density at radius 1 is 1.23 bits per heavy atom. The Balaban J connectivity index is 1.57. The van der Waals surface area contributed by atoms with Gasteiger partial charge in [0.25, 0.3) is 0 Å². The largest absolute Gasteiger partial charge is 0.403 e. The van der Waals surface area contributed by atoms with Gasteiger partial charge in [0.05, 0.1) is 11.0 Å². The highest BCUT2D eigenvalue weighted by atomic mass is 31.2. The lowest BCUT2D eigenvalue weighted by molar-refractivity contribution is 0.0599. The Labute approximate surface area is 175 Å². The molecule has 0 amide bonds. The average Bonchev–Trinajstić information content (AvgIpc) is 3.10. The molecule has 0 radical (unpaired) electrons. The van der Waals surface area contributed by atoms with E-state index in [1.165, 1.54) is 4.67 Å². The van der Waals surface area contributed by atoms with Crippen LogP contribution in [-0.4, -0.2) is 52.1 Å². The Bertz CT molecular complexity index is 1090. The van der Waals surface area contributed by atoms with Gasteiger partial charge in [-0.05, 0) is 57.7 Å². The van der Waals surface area contributed by atoms with Crippen LogP contribution in [0.4, 0.5) is 5.95 Å². The average molecular weight is 430 g/mol. The Morgan fingerprint density at radius 2 is 2.00 bits per heavy atom. The summed E-state index contributed by atoms with van der Waals surface area (Å²) < 4.78 is 15.2. The van der Waals surface area contributed by atoms with Crippen LogP contribution in [0.25, 0.3) is 16.9 Å². The maximum absolute atomic E-state index is 12.0. The van der Waals surface area contributed by atoms with Gasteiger partial charge in [-0.3, -0.25) is 4.57 Å². The van der Waals surface area contributed by atoms with E-state index >= 15 is 0 Å².